The van der Waals surface area contributed by atoms with Gasteiger partial charge in [-0.3, -0.25) is 14.5 Å². The smallest absolute Gasteiger partial charge is 0.225 e. The summed E-state index contributed by atoms with van der Waals surface area (Å²) >= 11 is 1.59. The number of thiazole rings is 1. The molecule has 1 atom stereocenters. The van der Waals surface area contributed by atoms with Crippen LogP contribution in [0.1, 0.15) is 17.7 Å². The van der Waals surface area contributed by atoms with E-state index in [0.29, 0.717) is 32.5 Å². The first-order chi connectivity index (χ1) is 14.7. The van der Waals surface area contributed by atoms with Gasteiger partial charge in [-0.15, -0.1) is 11.3 Å². The normalized spacial score (nSPS) is 20.3. The van der Waals surface area contributed by atoms with Crippen molar-refractivity contribution in [2.24, 2.45) is 5.92 Å². The first kappa shape index (κ1) is 21.0. The van der Waals surface area contributed by atoms with Gasteiger partial charge in [-0.2, -0.15) is 0 Å². The van der Waals surface area contributed by atoms with Crippen LogP contribution in [0.5, 0.6) is 0 Å². The highest BCUT2D eigenvalue weighted by Crippen LogP contribution is 2.25. The molecule has 1 aromatic heterocycles. The molecule has 160 valence electrons. The highest BCUT2D eigenvalue weighted by molar-refractivity contribution is 7.15. The molecule has 4 rings (SSSR count). The van der Waals surface area contributed by atoms with Gasteiger partial charge >= 0.3 is 0 Å². The lowest BCUT2D eigenvalue weighted by Gasteiger charge is -2.34. The molecular formula is C22H28N4O3S. The van der Waals surface area contributed by atoms with Gasteiger partial charge in [0.2, 0.25) is 11.8 Å². The minimum absolute atomic E-state index is 0.0218. The molecule has 2 saturated heterocycles. The van der Waals surface area contributed by atoms with Crippen molar-refractivity contribution < 1.29 is 14.3 Å². The van der Waals surface area contributed by atoms with Crippen molar-refractivity contribution in [1.82, 2.24) is 20.1 Å². The van der Waals surface area contributed by atoms with Crippen molar-refractivity contribution in [3.05, 3.63) is 41.4 Å². The third-order valence-corrected chi connectivity index (χ3v) is 6.72. The second kappa shape index (κ2) is 10.1. The summed E-state index contributed by atoms with van der Waals surface area (Å²) in [7, 11) is 0. The number of aromatic nitrogens is 1. The van der Waals surface area contributed by atoms with E-state index in [1.54, 1.807) is 11.3 Å². The van der Waals surface area contributed by atoms with E-state index < -0.39 is 0 Å². The zero-order valence-corrected chi connectivity index (χ0v) is 17.9. The van der Waals surface area contributed by atoms with Crippen LogP contribution < -0.4 is 5.32 Å². The summed E-state index contributed by atoms with van der Waals surface area (Å²) in [6.07, 6.45) is 2.89. The van der Waals surface area contributed by atoms with Gasteiger partial charge in [0.25, 0.3) is 0 Å². The van der Waals surface area contributed by atoms with E-state index in [1.807, 2.05) is 41.4 Å². The number of amides is 2. The van der Waals surface area contributed by atoms with Crippen molar-refractivity contribution in [2.45, 2.75) is 19.4 Å². The van der Waals surface area contributed by atoms with Crippen LogP contribution >= 0.6 is 11.3 Å². The maximum atomic E-state index is 12.7. The summed E-state index contributed by atoms with van der Waals surface area (Å²) in [5, 5.41) is 4.00. The Labute approximate surface area is 181 Å². The van der Waals surface area contributed by atoms with Crippen LogP contribution in [-0.4, -0.2) is 72.5 Å². The average molecular weight is 429 g/mol. The SMILES string of the molecule is O=C(NCc1cnc(-c2ccccc2)s1)[C@@H]1CCC(=O)N(CCN2CCOCC2)C1. The standard InChI is InChI=1S/C22H28N4O3S/c27-20-7-6-18(16-26(20)9-8-25-10-12-29-13-11-25)21(28)23-14-19-15-24-22(30-19)17-4-2-1-3-5-17/h1-5,15,18H,6-14,16H2,(H,23,28)/t18-/m1/s1. The predicted molar refractivity (Wildman–Crippen MR) is 116 cm³/mol. The molecule has 2 fully saturated rings. The Bertz CT molecular complexity index is 851. The molecule has 2 amide bonds. The maximum absolute atomic E-state index is 12.7. The highest BCUT2D eigenvalue weighted by atomic mass is 32.1. The van der Waals surface area contributed by atoms with Crippen molar-refractivity contribution >= 4 is 23.2 Å². The van der Waals surface area contributed by atoms with Crippen LogP contribution in [0.4, 0.5) is 0 Å². The monoisotopic (exact) mass is 428 g/mol. The van der Waals surface area contributed by atoms with E-state index in [-0.39, 0.29) is 17.7 Å². The van der Waals surface area contributed by atoms with E-state index in [1.165, 1.54) is 0 Å². The molecule has 1 aromatic carbocycles. The molecule has 1 N–H and O–H groups in total. The summed E-state index contributed by atoms with van der Waals surface area (Å²) in [4.78, 5) is 34.7. The summed E-state index contributed by atoms with van der Waals surface area (Å²) < 4.78 is 5.37. The molecular weight excluding hydrogens is 400 g/mol. The molecule has 2 aliphatic heterocycles. The Balaban J connectivity index is 1.26. The number of hydrogen-bond donors (Lipinski definition) is 1. The Kier molecular flexibility index (Phi) is 7.09. The van der Waals surface area contributed by atoms with E-state index in [0.717, 1.165) is 48.3 Å². The molecule has 7 nitrogen and oxygen atoms in total. The molecule has 3 heterocycles. The Morgan fingerprint density at radius 2 is 2.00 bits per heavy atom. The Morgan fingerprint density at radius 1 is 1.20 bits per heavy atom. The highest BCUT2D eigenvalue weighted by Gasteiger charge is 2.30. The average Bonchev–Trinajstić information content (AvgIpc) is 3.27. The third-order valence-electron chi connectivity index (χ3n) is 5.67. The molecule has 0 spiro atoms. The van der Waals surface area contributed by atoms with E-state index >= 15 is 0 Å². The lowest BCUT2D eigenvalue weighted by Crippen LogP contribution is -2.49. The molecule has 0 unspecified atom stereocenters. The number of hydrogen-bond acceptors (Lipinski definition) is 6. The first-order valence-electron chi connectivity index (χ1n) is 10.5. The summed E-state index contributed by atoms with van der Waals surface area (Å²) in [6.45, 7) is 5.82. The van der Waals surface area contributed by atoms with Gasteiger partial charge < -0.3 is 15.0 Å². The number of carbonyl (C=O) groups excluding carboxylic acids is 2. The third kappa shape index (κ3) is 5.44. The van der Waals surface area contributed by atoms with Gasteiger partial charge in [0, 0.05) is 55.8 Å². The minimum Gasteiger partial charge on any atom is -0.379 e. The van der Waals surface area contributed by atoms with Gasteiger partial charge in [0.1, 0.15) is 5.01 Å². The topological polar surface area (TPSA) is 74.8 Å². The van der Waals surface area contributed by atoms with Crippen LogP contribution in [0.25, 0.3) is 10.6 Å². The van der Waals surface area contributed by atoms with Crippen LogP contribution in [0.15, 0.2) is 36.5 Å². The lowest BCUT2D eigenvalue weighted by molar-refractivity contribution is -0.138. The molecule has 0 saturated carbocycles. The molecule has 8 heteroatoms. The zero-order chi connectivity index (χ0) is 20.8. The predicted octanol–water partition coefficient (Wildman–Crippen LogP) is 2.00. The minimum atomic E-state index is -0.145. The van der Waals surface area contributed by atoms with Crippen molar-refractivity contribution in [1.29, 1.82) is 0 Å². The second-order valence-corrected chi connectivity index (χ2v) is 8.86. The van der Waals surface area contributed by atoms with Crippen molar-refractivity contribution in [3.63, 3.8) is 0 Å². The number of carbonyl (C=O) groups is 2. The quantitative estimate of drug-likeness (QED) is 0.730. The number of benzene rings is 1. The van der Waals surface area contributed by atoms with Gasteiger partial charge in [-0.1, -0.05) is 30.3 Å². The summed E-state index contributed by atoms with van der Waals surface area (Å²) in [5.74, 6) is 0.0321. The fourth-order valence-electron chi connectivity index (χ4n) is 3.85. The van der Waals surface area contributed by atoms with Gasteiger partial charge in [0.15, 0.2) is 0 Å². The largest absolute Gasteiger partial charge is 0.379 e. The number of ether oxygens (including phenoxy) is 1. The van der Waals surface area contributed by atoms with E-state index in [2.05, 4.69) is 15.2 Å². The molecule has 2 aliphatic rings. The van der Waals surface area contributed by atoms with E-state index in [9.17, 15) is 9.59 Å². The Morgan fingerprint density at radius 3 is 2.80 bits per heavy atom. The van der Waals surface area contributed by atoms with Crippen LogP contribution in [0.2, 0.25) is 0 Å². The summed E-state index contributed by atoms with van der Waals surface area (Å²) in [6, 6.07) is 10.0. The molecule has 0 aliphatic carbocycles. The van der Waals surface area contributed by atoms with Crippen molar-refractivity contribution in [2.75, 3.05) is 45.9 Å². The van der Waals surface area contributed by atoms with Crippen molar-refractivity contribution in [3.8, 4) is 10.6 Å². The number of nitrogens with one attached hydrogen (secondary N) is 1. The van der Waals surface area contributed by atoms with Crippen LogP contribution in [-0.2, 0) is 20.9 Å². The Hall–Kier alpha value is -2.29. The second-order valence-electron chi connectivity index (χ2n) is 7.74. The van der Waals surface area contributed by atoms with Crippen LogP contribution in [0.3, 0.4) is 0 Å². The number of morpholine rings is 1. The molecule has 0 bridgehead atoms. The molecule has 30 heavy (non-hydrogen) atoms. The number of rotatable bonds is 7. The van der Waals surface area contributed by atoms with Gasteiger partial charge in [-0.25, -0.2) is 4.98 Å². The first-order valence-corrected chi connectivity index (χ1v) is 11.4. The van der Waals surface area contributed by atoms with Gasteiger partial charge in [0.05, 0.1) is 25.7 Å². The number of nitrogens with zero attached hydrogens (tertiary/aromatic N) is 3. The lowest BCUT2D eigenvalue weighted by atomic mass is 9.96. The maximum Gasteiger partial charge on any atom is 0.225 e. The number of piperidine rings is 1. The zero-order valence-electron chi connectivity index (χ0n) is 17.1. The van der Waals surface area contributed by atoms with Crippen LogP contribution in [0, 0.1) is 5.92 Å². The van der Waals surface area contributed by atoms with E-state index in [4.69, 9.17) is 4.74 Å². The number of likely N-dealkylation sites (tertiary alicyclic amines) is 1. The summed E-state index contributed by atoms with van der Waals surface area (Å²) in [5.41, 5.74) is 1.08. The molecule has 0 radical (unpaired) electrons. The van der Waals surface area contributed by atoms with Gasteiger partial charge in [-0.05, 0) is 6.42 Å². The fourth-order valence-corrected chi connectivity index (χ4v) is 4.71. The fraction of sp³-hybridized carbons (Fsp3) is 0.500. The molecule has 2 aromatic rings.